The second-order valence-corrected chi connectivity index (χ2v) is 15.2. The van der Waals surface area contributed by atoms with E-state index in [0.717, 1.165) is 63.4 Å². The molecule has 8 aromatic carbocycles. The normalized spacial score (nSPS) is 12.6. The minimum atomic E-state index is -1.16. The largest absolute Gasteiger partial charge is 0.255 e. The molecule has 0 amide bonds. The molecule has 0 fully saturated rings. The Morgan fingerprint density at radius 2 is 0.625 bits per heavy atom. The molecule has 0 radical (unpaired) electrons. The van der Waals surface area contributed by atoms with Crippen LogP contribution in [-0.4, -0.2) is 20.9 Å². The van der Waals surface area contributed by atoms with Gasteiger partial charge in [0.1, 0.15) is 0 Å². The predicted molar refractivity (Wildman–Crippen MR) is 213 cm³/mol. The van der Waals surface area contributed by atoms with Crippen LogP contribution in [0.5, 0.6) is 0 Å². The smallest absolute Gasteiger partial charge is 0.0504 e. The molecule has 48 heavy (non-hydrogen) atoms. The topological polar surface area (TPSA) is 34.1 Å². The number of rotatable bonds is 4. The van der Waals surface area contributed by atoms with Gasteiger partial charge in [0.15, 0.2) is 0 Å². The van der Waals surface area contributed by atoms with Crippen LogP contribution in [0.1, 0.15) is 0 Å². The predicted octanol–water partition coefficient (Wildman–Crippen LogP) is 11.4. The highest BCUT2D eigenvalue weighted by molar-refractivity contribution is 7.85. The van der Waals surface area contributed by atoms with E-state index >= 15 is 0 Å². The molecule has 6 heteroatoms. The van der Waals surface area contributed by atoms with Crippen molar-refractivity contribution in [3.05, 3.63) is 146 Å². The summed E-state index contributed by atoms with van der Waals surface area (Å²) in [5.74, 6) is 0. The Labute approximate surface area is 296 Å². The van der Waals surface area contributed by atoms with Gasteiger partial charge in [0.25, 0.3) is 0 Å². The Morgan fingerprint density at radius 3 is 0.938 bits per heavy atom. The van der Waals surface area contributed by atoms with Crippen LogP contribution in [0.4, 0.5) is 0 Å². The molecular weight excluding hydrogens is 665 g/mol. The molecule has 0 N–H and O–H groups in total. The lowest BCUT2D eigenvalue weighted by molar-refractivity contribution is 0.685. The molecular formula is C42H32O2S4. The zero-order valence-corrected chi connectivity index (χ0v) is 29.8. The molecule has 0 aliphatic heterocycles. The second kappa shape index (κ2) is 13.7. The summed E-state index contributed by atoms with van der Waals surface area (Å²) in [6.45, 7) is 0. The Hall–Kier alpha value is -4.20. The second-order valence-electron chi connectivity index (χ2n) is 11.6. The summed E-state index contributed by atoms with van der Waals surface area (Å²) >= 11 is 9.45. The van der Waals surface area contributed by atoms with Crippen molar-refractivity contribution < 1.29 is 8.42 Å². The van der Waals surface area contributed by atoms with Crippen molar-refractivity contribution in [2.45, 2.75) is 19.6 Å². The average molecular weight is 697 g/mol. The highest BCUT2D eigenvalue weighted by atomic mass is 32.2. The maximum Gasteiger partial charge on any atom is 0.0504 e. The van der Waals surface area contributed by atoms with E-state index in [9.17, 15) is 8.42 Å². The van der Waals surface area contributed by atoms with Crippen molar-refractivity contribution in [1.29, 1.82) is 0 Å². The van der Waals surface area contributed by atoms with Gasteiger partial charge in [0, 0.05) is 54.3 Å². The molecule has 0 heterocycles. The van der Waals surface area contributed by atoms with Crippen LogP contribution in [-0.2, 0) is 21.6 Å². The lowest BCUT2D eigenvalue weighted by Crippen LogP contribution is -1.99. The van der Waals surface area contributed by atoms with E-state index in [4.69, 9.17) is 25.3 Å². The number of thiol groups is 2. The van der Waals surface area contributed by atoms with Crippen LogP contribution in [0.3, 0.4) is 0 Å². The highest BCUT2D eigenvalue weighted by Gasteiger charge is 2.20. The van der Waals surface area contributed by atoms with Crippen LogP contribution in [0.15, 0.2) is 165 Å². The van der Waals surface area contributed by atoms with E-state index in [0.29, 0.717) is 0 Å². The molecule has 0 spiro atoms. The standard InChI is InChI=1S/C22H18O2S2.C20H14S2/c1-25(23)19-13-11-15-7-3-5-9-17(15)21(19)22-18-10-6-4-8-16(18)12-14-20(22)26(2)24;21-17-11-9-13-5-1-3-7-15(13)19(17)20-16-8-4-2-6-14(16)10-12-18(20)22/h3-14H,1-2H3;1-12,21-22H. The van der Waals surface area contributed by atoms with Gasteiger partial charge in [0.2, 0.25) is 0 Å². The Kier molecular flexibility index (Phi) is 9.25. The third kappa shape index (κ3) is 5.99. The van der Waals surface area contributed by atoms with Crippen LogP contribution in [0, 0.1) is 0 Å². The summed E-state index contributed by atoms with van der Waals surface area (Å²) in [7, 11) is -2.32. The third-order valence-corrected chi connectivity index (χ3v) is 11.4. The van der Waals surface area contributed by atoms with Crippen LogP contribution in [0.25, 0.3) is 65.3 Å². The minimum Gasteiger partial charge on any atom is -0.255 e. The molecule has 0 saturated heterocycles. The van der Waals surface area contributed by atoms with Gasteiger partial charge in [0.05, 0.1) is 21.6 Å². The molecule has 8 rings (SSSR count). The monoisotopic (exact) mass is 696 g/mol. The van der Waals surface area contributed by atoms with Crippen molar-refractivity contribution in [3.63, 3.8) is 0 Å². The summed E-state index contributed by atoms with van der Waals surface area (Å²) < 4.78 is 25.1. The molecule has 236 valence electrons. The first kappa shape index (κ1) is 32.4. The fourth-order valence-electron chi connectivity index (χ4n) is 6.54. The van der Waals surface area contributed by atoms with Gasteiger partial charge in [-0.25, -0.2) is 0 Å². The number of fused-ring (bicyclic) bond motifs is 4. The minimum absolute atomic E-state index is 0.770. The van der Waals surface area contributed by atoms with Crippen LogP contribution < -0.4 is 0 Å². The SMILES string of the molecule is CS(=O)c1ccc2ccccc2c1-c1c(S(C)=O)ccc2ccccc12.Sc1ccc2ccccc2c1-c1c(S)ccc2ccccc12. The van der Waals surface area contributed by atoms with Gasteiger partial charge >= 0.3 is 0 Å². The lowest BCUT2D eigenvalue weighted by atomic mass is 9.94. The molecule has 2 nitrogen and oxygen atoms in total. The molecule has 0 aromatic heterocycles. The summed E-state index contributed by atoms with van der Waals surface area (Å²) in [6.07, 6.45) is 3.39. The highest BCUT2D eigenvalue weighted by Crippen LogP contribution is 2.42. The Bertz CT molecular complexity index is 2380. The zero-order valence-electron chi connectivity index (χ0n) is 26.4. The number of hydrogen-bond donors (Lipinski definition) is 2. The van der Waals surface area contributed by atoms with E-state index in [1.807, 2.05) is 60.7 Å². The van der Waals surface area contributed by atoms with Crippen LogP contribution in [0.2, 0.25) is 0 Å². The Morgan fingerprint density at radius 1 is 0.354 bits per heavy atom. The van der Waals surface area contributed by atoms with E-state index in [2.05, 4.69) is 84.9 Å². The summed E-state index contributed by atoms with van der Waals surface area (Å²) in [5.41, 5.74) is 4.16. The van der Waals surface area contributed by atoms with Crippen molar-refractivity contribution in [3.8, 4) is 22.3 Å². The maximum atomic E-state index is 12.5. The molecule has 0 aliphatic carbocycles. The first-order chi connectivity index (χ1) is 23.3. The Balaban J connectivity index is 0.000000154. The van der Waals surface area contributed by atoms with Crippen molar-refractivity contribution >= 4 is 89.9 Å². The first-order valence-electron chi connectivity index (χ1n) is 15.5. The maximum absolute atomic E-state index is 12.5. The molecule has 2 unspecified atom stereocenters. The summed E-state index contributed by atoms with van der Waals surface area (Å²) in [6, 6.07) is 49.2. The zero-order chi connectivity index (χ0) is 33.4. The van der Waals surface area contributed by atoms with E-state index < -0.39 is 21.6 Å². The molecule has 0 bridgehead atoms. The fourth-order valence-corrected chi connectivity index (χ4v) is 8.68. The van der Waals surface area contributed by atoms with Gasteiger partial charge < -0.3 is 0 Å². The number of hydrogen-bond acceptors (Lipinski definition) is 4. The summed E-state index contributed by atoms with van der Waals surface area (Å²) in [4.78, 5) is 3.49. The lowest BCUT2D eigenvalue weighted by Gasteiger charge is -2.17. The average Bonchev–Trinajstić information content (AvgIpc) is 3.11. The fraction of sp³-hybridized carbons (Fsp3) is 0.0476. The van der Waals surface area contributed by atoms with Gasteiger partial charge in [-0.15, -0.1) is 25.3 Å². The van der Waals surface area contributed by atoms with Gasteiger partial charge in [-0.1, -0.05) is 121 Å². The quantitative estimate of drug-likeness (QED) is 0.180. The van der Waals surface area contributed by atoms with Gasteiger partial charge in [-0.3, -0.25) is 8.42 Å². The van der Waals surface area contributed by atoms with Crippen molar-refractivity contribution in [2.24, 2.45) is 0 Å². The molecule has 2 atom stereocenters. The van der Waals surface area contributed by atoms with Crippen LogP contribution >= 0.6 is 25.3 Å². The third-order valence-electron chi connectivity index (χ3n) is 8.72. The van der Waals surface area contributed by atoms with Crippen molar-refractivity contribution in [1.82, 2.24) is 0 Å². The molecule has 0 aliphatic rings. The molecule has 8 aromatic rings. The van der Waals surface area contributed by atoms with Crippen molar-refractivity contribution in [2.75, 3.05) is 12.5 Å². The van der Waals surface area contributed by atoms with E-state index in [-0.39, 0.29) is 0 Å². The summed E-state index contributed by atoms with van der Waals surface area (Å²) in [5, 5.41) is 9.08. The van der Waals surface area contributed by atoms with E-state index in [1.54, 1.807) is 12.5 Å². The molecule has 0 saturated carbocycles. The van der Waals surface area contributed by atoms with Gasteiger partial charge in [-0.05, 0) is 67.4 Å². The van der Waals surface area contributed by atoms with E-state index in [1.165, 1.54) is 21.5 Å². The van der Waals surface area contributed by atoms with Gasteiger partial charge in [-0.2, -0.15) is 0 Å². The number of benzene rings is 8. The first-order valence-corrected chi connectivity index (χ1v) is 19.5.